The van der Waals surface area contributed by atoms with Gasteiger partial charge in [-0.25, -0.2) is 0 Å². The molecule has 1 aromatic rings. The molecule has 0 atom stereocenters. The fourth-order valence-electron chi connectivity index (χ4n) is 1.79. The Balaban J connectivity index is 2.47. The van der Waals surface area contributed by atoms with Crippen LogP contribution in [0.2, 0.25) is 0 Å². The van der Waals surface area contributed by atoms with Crippen molar-refractivity contribution in [3.05, 3.63) is 29.8 Å². The van der Waals surface area contributed by atoms with E-state index in [9.17, 15) is 4.79 Å². The highest BCUT2D eigenvalue weighted by Gasteiger charge is 2.10. The predicted molar refractivity (Wildman–Crippen MR) is 78.0 cm³/mol. The Labute approximate surface area is 119 Å². The fraction of sp³-hybridized carbons (Fsp3) is 0.500. The van der Waals surface area contributed by atoms with E-state index in [0.29, 0.717) is 38.6 Å². The highest BCUT2D eigenvalue weighted by atomic mass is 16.5. The van der Waals surface area contributed by atoms with E-state index >= 15 is 0 Å². The molecule has 4 N–H and O–H groups in total. The molecule has 0 heterocycles. The smallest absolute Gasteiger partial charge is 0.231 e. The number of anilines is 1. The third-order valence-electron chi connectivity index (χ3n) is 2.81. The fourth-order valence-corrected chi connectivity index (χ4v) is 1.79. The molecule has 0 saturated heterocycles. The molecule has 0 aliphatic heterocycles. The predicted octanol–water partition coefficient (Wildman–Crippen LogP) is 0.219. The van der Waals surface area contributed by atoms with Crippen LogP contribution < -0.4 is 11.5 Å². The van der Waals surface area contributed by atoms with E-state index in [4.69, 9.17) is 20.9 Å². The number of nitrogens with two attached hydrogens (primary N) is 2. The van der Waals surface area contributed by atoms with Crippen LogP contribution in [0.1, 0.15) is 5.56 Å². The van der Waals surface area contributed by atoms with E-state index in [1.54, 1.807) is 7.11 Å². The summed E-state index contributed by atoms with van der Waals surface area (Å²) in [5, 5.41) is 0. The molecular formula is C14H23N3O3. The van der Waals surface area contributed by atoms with Crippen LogP contribution in [0.15, 0.2) is 24.3 Å². The molecular weight excluding hydrogens is 258 g/mol. The number of nitrogen functional groups attached to an aromatic ring is 1. The van der Waals surface area contributed by atoms with Gasteiger partial charge in [0.15, 0.2) is 0 Å². The van der Waals surface area contributed by atoms with Crippen LogP contribution >= 0.6 is 0 Å². The molecule has 0 unspecified atom stereocenters. The minimum absolute atomic E-state index is 0.183. The maximum Gasteiger partial charge on any atom is 0.231 e. The van der Waals surface area contributed by atoms with Crippen LogP contribution in [0.3, 0.4) is 0 Å². The quantitative estimate of drug-likeness (QED) is 0.473. The van der Waals surface area contributed by atoms with Crippen molar-refractivity contribution in [2.45, 2.75) is 6.54 Å². The molecule has 20 heavy (non-hydrogen) atoms. The molecule has 0 saturated carbocycles. The number of para-hydroxylation sites is 1. The van der Waals surface area contributed by atoms with Gasteiger partial charge in [-0.2, -0.15) is 0 Å². The van der Waals surface area contributed by atoms with Gasteiger partial charge in [-0.3, -0.25) is 9.69 Å². The summed E-state index contributed by atoms with van der Waals surface area (Å²) < 4.78 is 10.3. The maximum absolute atomic E-state index is 11.1. The third kappa shape index (κ3) is 6.51. The van der Waals surface area contributed by atoms with Gasteiger partial charge < -0.3 is 20.9 Å². The Bertz CT molecular complexity index is 412. The van der Waals surface area contributed by atoms with Crippen LogP contribution in [0.4, 0.5) is 5.69 Å². The van der Waals surface area contributed by atoms with Crippen LogP contribution in [0.25, 0.3) is 0 Å². The van der Waals surface area contributed by atoms with Crippen molar-refractivity contribution in [2.24, 2.45) is 5.73 Å². The summed E-state index contributed by atoms with van der Waals surface area (Å²) in [6, 6.07) is 7.58. The van der Waals surface area contributed by atoms with Crippen molar-refractivity contribution in [2.75, 3.05) is 45.8 Å². The van der Waals surface area contributed by atoms with E-state index in [0.717, 1.165) is 5.56 Å². The topological polar surface area (TPSA) is 90.8 Å². The van der Waals surface area contributed by atoms with Gasteiger partial charge in [0.1, 0.15) is 0 Å². The number of carbonyl (C=O) groups excluding carboxylic acids is 1. The lowest BCUT2D eigenvalue weighted by atomic mass is 10.1. The van der Waals surface area contributed by atoms with E-state index in [-0.39, 0.29) is 12.5 Å². The van der Waals surface area contributed by atoms with Gasteiger partial charge in [0.2, 0.25) is 5.91 Å². The van der Waals surface area contributed by atoms with Gasteiger partial charge in [-0.1, -0.05) is 18.2 Å². The van der Waals surface area contributed by atoms with Crippen molar-refractivity contribution in [1.29, 1.82) is 0 Å². The Kier molecular flexibility index (Phi) is 7.64. The monoisotopic (exact) mass is 281 g/mol. The number of nitrogens with zero attached hydrogens (tertiary/aromatic N) is 1. The number of carbonyl (C=O) groups is 1. The maximum atomic E-state index is 11.1. The number of ether oxygens (including phenoxy) is 2. The Hall–Kier alpha value is -1.63. The van der Waals surface area contributed by atoms with Gasteiger partial charge in [0.05, 0.1) is 26.4 Å². The first-order valence-electron chi connectivity index (χ1n) is 6.54. The van der Waals surface area contributed by atoms with Crippen LogP contribution in [-0.2, 0) is 20.8 Å². The summed E-state index contributed by atoms with van der Waals surface area (Å²) >= 11 is 0. The number of amides is 1. The number of hydrogen-bond donors (Lipinski definition) is 2. The molecule has 0 bridgehead atoms. The van der Waals surface area contributed by atoms with Crippen molar-refractivity contribution >= 4 is 11.6 Å². The molecule has 112 valence electrons. The van der Waals surface area contributed by atoms with Gasteiger partial charge in [-0.15, -0.1) is 0 Å². The molecule has 0 spiro atoms. The first kappa shape index (κ1) is 16.4. The number of primary amides is 1. The van der Waals surface area contributed by atoms with Gasteiger partial charge >= 0.3 is 0 Å². The summed E-state index contributed by atoms with van der Waals surface area (Å²) in [4.78, 5) is 13.0. The van der Waals surface area contributed by atoms with Crippen molar-refractivity contribution in [3.63, 3.8) is 0 Å². The third-order valence-corrected chi connectivity index (χ3v) is 2.81. The molecule has 0 aliphatic carbocycles. The summed E-state index contributed by atoms with van der Waals surface area (Å²) in [6.45, 7) is 2.98. The SMILES string of the molecule is COCCOCCN(CC(N)=O)Cc1ccccc1N. The molecule has 1 amide bonds. The molecule has 1 rings (SSSR count). The normalized spacial score (nSPS) is 10.9. The first-order chi connectivity index (χ1) is 9.63. The number of benzene rings is 1. The highest BCUT2D eigenvalue weighted by molar-refractivity contribution is 5.75. The number of methoxy groups -OCH3 is 1. The average Bonchev–Trinajstić information content (AvgIpc) is 2.40. The van der Waals surface area contributed by atoms with Crippen LogP contribution in [-0.4, -0.2) is 50.8 Å². The zero-order chi connectivity index (χ0) is 14.8. The second-order valence-corrected chi connectivity index (χ2v) is 4.48. The largest absolute Gasteiger partial charge is 0.398 e. The lowest BCUT2D eigenvalue weighted by Crippen LogP contribution is -2.36. The number of hydrogen-bond acceptors (Lipinski definition) is 5. The number of rotatable bonds is 10. The molecule has 0 radical (unpaired) electrons. The molecule has 6 nitrogen and oxygen atoms in total. The zero-order valence-electron chi connectivity index (χ0n) is 11.9. The first-order valence-corrected chi connectivity index (χ1v) is 6.54. The lowest BCUT2D eigenvalue weighted by Gasteiger charge is -2.21. The minimum atomic E-state index is -0.364. The molecule has 6 heteroatoms. The summed E-state index contributed by atoms with van der Waals surface area (Å²) in [6.07, 6.45) is 0. The van der Waals surface area contributed by atoms with Crippen LogP contribution in [0.5, 0.6) is 0 Å². The van der Waals surface area contributed by atoms with E-state index in [1.165, 1.54) is 0 Å². The van der Waals surface area contributed by atoms with E-state index in [2.05, 4.69) is 0 Å². The molecule has 0 fully saturated rings. The Morgan fingerprint density at radius 2 is 2.00 bits per heavy atom. The molecule has 0 aromatic heterocycles. The molecule has 1 aromatic carbocycles. The molecule has 0 aliphatic rings. The van der Waals surface area contributed by atoms with E-state index in [1.807, 2.05) is 29.2 Å². The Morgan fingerprint density at radius 1 is 1.25 bits per heavy atom. The lowest BCUT2D eigenvalue weighted by molar-refractivity contribution is -0.119. The van der Waals surface area contributed by atoms with Crippen molar-refractivity contribution in [3.8, 4) is 0 Å². The average molecular weight is 281 g/mol. The van der Waals surface area contributed by atoms with Crippen molar-refractivity contribution < 1.29 is 14.3 Å². The summed E-state index contributed by atoms with van der Waals surface area (Å²) in [5.41, 5.74) is 12.9. The second-order valence-electron chi connectivity index (χ2n) is 4.48. The second kappa shape index (κ2) is 9.30. The van der Waals surface area contributed by atoms with Crippen molar-refractivity contribution in [1.82, 2.24) is 4.90 Å². The van der Waals surface area contributed by atoms with Gasteiger partial charge in [0, 0.05) is 25.9 Å². The zero-order valence-corrected chi connectivity index (χ0v) is 11.9. The summed E-state index contributed by atoms with van der Waals surface area (Å²) in [5.74, 6) is -0.364. The summed E-state index contributed by atoms with van der Waals surface area (Å²) in [7, 11) is 1.63. The Morgan fingerprint density at radius 3 is 2.65 bits per heavy atom. The van der Waals surface area contributed by atoms with Gasteiger partial charge in [-0.05, 0) is 11.6 Å². The van der Waals surface area contributed by atoms with Gasteiger partial charge in [0.25, 0.3) is 0 Å². The highest BCUT2D eigenvalue weighted by Crippen LogP contribution is 2.13. The van der Waals surface area contributed by atoms with Crippen LogP contribution in [0, 0.1) is 0 Å². The minimum Gasteiger partial charge on any atom is -0.398 e. The standard InChI is InChI=1S/C14H23N3O3/c1-19-8-9-20-7-6-17(11-14(16)18)10-12-4-2-3-5-13(12)15/h2-5H,6-11,15H2,1H3,(H2,16,18). The van der Waals surface area contributed by atoms with E-state index < -0.39 is 0 Å².